The van der Waals surface area contributed by atoms with E-state index in [9.17, 15) is 8.42 Å². The number of halogens is 1. The Labute approximate surface area is 102 Å². The van der Waals surface area contributed by atoms with Gasteiger partial charge in [0.2, 0.25) is 10.0 Å². The van der Waals surface area contributed by atoms with Gasteiger partial charge in [-0.1, -0.05) is 19.1 Å². The molecule has 0 radical (unpaired) electrons. The normalized spacial score (nSPS) is 12.1. The smallest absolute Gasteiger partial charge is 0.207 e. The van der Waals surface area contributed by atoms with Crippen LogP contribution in [0.4, 0.5) is 0 Å². The van der Waals surface area contributed by atoms with Gasteiger partial charge in [0.1, 0.15) is 0 Å². The highest BCUT2D eigenvalue weighted by Gasteiger charge is 2.22. The summed E-state index contributed by atoms with van der Waals surface area (Å²) in [6.07, 6.45) is 0. The van der Waals surface area contributed by atoms with E-state index < -0.39 is 10.0 Å². The molecule has 0 bridgehead atoms. The summed E-state index contributed by atoms with van der Waals surface area (Å²) in [6, 6.07) is 5.18. The van der Waals surface area contributed by atoms with Crippen LogP contribution in [0.3, 0.4) is 0 Å². The van der Waals surface area contributed by atoms with Crippen LogP contribution in [0.15, 0.2) is 23.1 Å². The van der Waals surface area contributed by atoms with Crippen molar-refractivity contribution in [3.63, 3.8) is 0 Å². The van der Waals surface area contributed by atoms with Crippen molar-refractivity contribution in [3.8, 4) is 0 Å². The van der Waals surface area contributed by atoms with Crippen molar-refractivity contribution in [2.24, 2.45) is 0 Å². The minimum Gasteiger partial charge on any atom is -0.207 e. The summed E-state index contributed by atoms with van der Waals surface area (Å²) in [7, 11) is -1.81. The molecule has 0 fully saturated rings. The fourth-order valence-electron chi connectivity index (χ4n) is 1.42. The SMILES string of the molecule is CCN(C)S(=O)(=O)c1cccc(CCl)c1C. The molecule has 0 spiro atoms. The Balaban J connectivity index is 3.34. The first-order chi connectivity index (χ1) is 7.45. The molecule has 1 aromatic rings. The van der Waals surface area contributed by atoms with E-state index in [2.05, 4.69) is 0 Å². The Morgan fingerprint density at radius 1 is 1.38 bits per heavy atom. The number of hydrogen-bond acceptors (Lipinski definition) is 2. The predicted molar refractivity (Wildman–Crippen MR) is 66.2 cm³/mol. The van der Waals surface area contributed by atoms with Crippen molar-refractivity contribution in [1.82, 2.24) is 4.31 Å². The lowest BCUT2D eigenvalue weighted by Gasteiger charge is -2.17. The number of sulfonamides is 1. The van der Waals surface area contributed by atoms with E-state index in [0.717, 1.165) is 11.1 Å². The molecule has 0 atom stereocenters. The highest BCUT2D eigenvalue weighted by molar-refractivity contribution is 7.89. The van der Waals surface area contributed by atoms with Crippen LogP contribution in [0.1, 0.15) is 18.1 Å². The zero-order valence-corrected chi connectivity index (χ0v) is 11.3. The van der Waals surface area contributed by atoms with Crippen LogP contribution in [-0.2, 0) is 15.9 Å². The van der Waals surface area contributed by atoms with E-state index in [1.807, 2.05) is 6.07 Å². The molecule has 3 nitrogen and oxygen atoms in total. The number of benzene rings is 1. The Morgan fingerprint density at radius 3 is 2.50 bits per heavy atom. The standard InChI is InChI=1S/C11H16ClNO2S/c1-4-13(3)16(14,15)11-7-5-6-10(8-12)9(11)2/h5-7H,4,8H2,1-3H3. The minimum absolute atomic E-state index is 0.324. The number of hydrogen-bond donors (Lipinski definition) is 0. The van der Waals surface area contributed by atoms with Crippen LogP contribution in [0.2, 0.25) is 0 Å². The third kappa shape index (κ3) is 2.39. The van der Waals surface area contributed by atoms with E-state index in [0.29, 0.717) is 17.3 Å². The molecule has 5 heteroatoms. The van der Waals surface area contributed by atoms with Crippen LogP contribution in [0.5, 0.6) is 0 Å². The number of nitrogens with zero attached hydrogens (tertiary/aromatic N) is 1. The van der Waals surface area contributed by atoms with E-state index in [-0.39, 0.29) is 0 Å². The van der Waals surface area contributed by atoms with E-state index in [1.54, 1.807) is 33.0 Å². The third-order valence-corrected chi connectivity index (χ3v) is 5.04. The van der Waals surface area contributed by atoms with Crippen molar-refractivity contribution in [2.45, 2.75) is 24.6 Å². The maximum Gasteiger partial charge on any atom is 0.243 e. The average molecular weight is 262 g/mol. The lowest BCUT2D eigenvalue weighted by atomic mass is 10.1. The van der Waals surface area contributed by atoms with Gasteiger partial charge in [0, 0.05) is 19.5 Å². The second-order valence-corrected chi connectivity index (χ2v) is 5.87. The first kappa shape index (κ1) is 13.5. The topological polar surface area (TPSA) is 37.4 Å². The Hall–Kier alpha value is -0.580. The van der Waals surface area contributed by atoms with Gasteiger partial charge in [-0.15, -0.1) is 11.6 Å². The first-order valence-corrected chi connectivity index (χ1v) is 7.03. The van der Waals surface area contributed by atoms with Crippen molar-refractivity contribution in [3.05, 3.63) is 29.3 Å². The number of rotatable bonds is 4. The molecule has 1 aromatic carbocycles. The fraction of sp³-hybridized carbons (Fsp3) is 0.455. The Bertz CT molecular complexity index is 471. The summed E-state index contributed by atoms with van der Waals surface area (Å²) in [4.78, 5) is 0.343. The Kier molecular flexibility index (Phi) is 4.35. The zero-order chi connectivity index (χ0) is 12.3. The maximum atomic E-state index is 12.1. The third-order valence-electron chi connectivity index (χ3n) is 2.67. The molecule has 0 aliphatic heterocycles. The van der Waals surface area contributed by atoms with Crippen LogP contribution < -0.4 is 0 Å². The lowest BCUT2D eigenvalue weighted by Crippen LogP contribution is -2.27. The van der Waals surface area contributed by atoms with Crippen LogP contribution >= 0.6 is 11.6 Å². The van der Waals surface area contributed by atoms with Gasteiger partial charge in [-0.05, 0) is 24.1 Å². The molecule has 0 aliphatic carbocycles. The second-order valence-electron chi connectivity index (χ2n) is 3.59. The van der Waals surface area contributed by atoms with Gasteiger partial charge in [0.05, 0.1) is 4.90 Å². The summed E-state index contributed by atoms with van der Waals surface area (Å²) in [6.45, 7) is 4.04. The Morgan fingerprint density at radius 2 is 2.00 bits per heavy atom. The molecule has 1 rings (SSSR count). The fourth-order valence-corrected chi connectivity index (χ4v) is 3.16. The van der Waals surface area contributed by atoms with Gasteiger partial charge in [-0.3, -0.25) is 0 Å². The molecule has 0 aromatic heterocycles. The summed E-state index contributed by atoms with van der Waals surface area (Å²) in [5.41, 5.74) is 1.59. The molecular formula is C11H16ClNO2S. The van der Waals surface area contributed by atoms with Crippen molar-refractivity contribution in [1.29, 1.82) is 0 Å². The first-order valence-electron chi connectivity index (χ1n) is 5.06. The molecule has 0 saturated carbocycles. The molecule has 0 heterocycles. The van der Waals surface area contributed by atoms with Crippen molar-refractivity contribution < 1.29 is 8.42 Å². The highest BCUT2D eigenvalue weighted by atomic mass is 35.5. The molecule has 0 saturated heterocycles. The molecule has 0 aliphatic rings. The minimum atomic E-state index is -3.38. The monoisotopic (exact) mass is 261 g/mol. The largest absolute Gasteiger partial charge is 0.243 e. The van der Waals surface area contributed by atoms with Crippen molar-refractivity contribution in [2.75, 3.05) is 13.6 Å². The lowest BCUT2D eigenvalue weighted by molar-refractivity contribution is 0.486. The second kappa shape index (κ2) is 5.17. The molecular weight excluding hydrogens is 246 g/mol. The van der Waals surface area contributed by atoms with Gasteiger partial charge < -0.3 is 0 Å². The maximum absolute atomic E-state index is 12.1. The van der Waals surface area contributed by atoms with Gasteiger partial charge in [-0.2, -0.15) is 0 Å². The summed E-state index contributed by atoms with van der Waals surface area (Å²) >= 11 is 5.76. The van der Waals surface area contributed by atoms with Crippen LogP contribution in [-0.4, -0.2) is 26.3 Å². The highest BCUT2D eigenvalue weighted by Crippen LogP contribution is 2.22. The van der Waals surface area contributed by atoms with Crippen LogP contribution in [0, 0.1) is 6.92 Å². The summed E-state index contributed by atoms with van der Waals surface area (Å²) in [5.74, 6) is 0.324. The van der Waals surface area contributed by atoms with E-state index in [4.69, 9.17) is 11.6 Å². The molecule has 0 amide bonds. The van der Waals surface area contributed by atoms with Gasteiger partial charge in [0.25, 0.3) is 0 Å². The van der Waals surface area contributed by atoms with Crippen molar-refractivity contribution >= 4 is 21.6 Å². The van der Waals surface area contributed by atoms with E-state index >= 15 is 0 Å². The van der Waals surface area contributed by atoms with E-state index in [1.165, 1.54) is 4.31 Å². The van der Waals surface area contributed by atoms with Gasteiger partial charge >= 0.3 is 0 Å². The quantitative estimate of drug-likeness (QED) is 0.781. The zero-order valence-electron chi connectivity index (χ0n) is 9.70. The number of alkyl halides is 1. The van der Waals surface area contributed by atoms with Gasteiger partial charge in [0.15, 0.2) is 0 Å². The summed E-state index contributed by atoms with van der Waals surface area (Å²) in [5, 5.41) is 0. The molecule has 0 N–H and O–H groups in total. The summed E-state index contributed by atoms with van der Waals surface area (Å²) < 4.78 is 25.6. The van der Waals surface area contributed by atoms with Crippen LogP contribution in [0.25, 0.3) is 0 Å². The predicted octanol–water partition coefficient (Wildman–Crippen LogP) is 2.37. The molecule has 90 valence electrons. The molecule has 0 unspecified atom stereocenters. The van der Waals surface area contributed by atoms with Gasteiger partial charge in [-0.25, -0.2) is 12.7 Å². The molecule has 16 heavy (non-hydrogen) atoms. The average Bonchev–Trinajstić information content (AvgIpc) is 2.27.